The zero-order chi connectivity index (χ0) is 13.0. The molecule has 2 rings (SSSR count). The van der Waals surface area contributed by atoms with E-state index in [4.69, 9.17) is 9.15 Å². The van der Waals surface area contributed by atoms with E-state index < -0.39 is 0 Å². The molecule has 1 aliphatic rings. The van der Waals surface area contributed by atoms with Gasteiger partial charge in [-0.3, -0.25) is 0 Å². The predicted molar refractivity (Wildman–Crippen MR) is 68.4 cm³/mol. The lowest BCUT2D eigenvalue weighted by Gasteiger charge is -2.13. The Morgan fingerprint density at radius 2 is 2.17 bits per heavy atom. The molecular weight excluding hydrogens is 230 g/mol. The highest BCUT2D eigenvalue weighted by molar-refractivity contribution is 5.00. The van der Waals surface area contributed by atoms with Crippen molar-refractivity contribution in [3.8, 4) is 0 Å². The van der Waals surface area contributed by atoms with Crippen LogP contribution in [0.3, 0.4) is 0 Å². The van der Waals surface area contributed by atoms with Crippen molar-refractivity contribution in [2.45, 2.75) is 58.1 Å². The molecule has 1 aromatic heterocycles. The van der Waals surface area contributed by atoms with E-state index in [0.717, 1.165) is 38.3 Å². The summed E-state index contributed by atoms with van der Waals surface area (Å²) < 4.78 is 11.5. The van der Waals surface area contributed by atoms with Crippen LogP contribution in [0.4, 0.5) is 0 Å². The van der Waals surface area contributed by atoms with Gasteiger partial charge in [-0.15, -0.1) is 10.2 Å². The van der Waals surface area contributed by atoms with Crippen molar-refractivity contribution < 1.29 is 9.15 Å². The summed E-state index contributed by atoms with van der Waals surface area (Å²) in [7, 11) is 0. The monoisotopic (exact) mass is 253 g/mol. The second-order valence-corrected chi connectivity index (χ2v) is 4.71. The van der Waals surface area contributed by atoms with Crippen LogP contribution < -0.4 is 5.32 Å². The van der Waals surface area contributed by atoms with Gasteiger partial charge in [0.15, 0.2) is 0 Å². The topological polar surface area (TPSA) is 60.2 Å². The normalized spacial score (nSPS) is 25.5. The highest BCUT2D eigenvalue weighted by Crippen LogP contribution is 2.32. The lowest BCUT2D eigenvalue weighted by molar-refractivity contribution is 0.0961. The Morgan fingerprint density at radius 1 is 1.33 bits per heavy atom. The van der Waals surface area contributed by atoms with Crippen molar-refractivity contribution in [1.82, 2.24) is 15.5 Å². The molecule has 18 heavy (non-hydrogen) atoms. The van der Waals surface area contributed by atoms with Crippen molar-refractivity contribution in [3.63, 3.8) is 0 Å². The molecule has 2 heterocycles. The minimum Gasteiger partial charge on any atom is -0.423 e. The van der Waals surface area contributed by atoms with E-state index in [1.807, 2.05) is 0 Å². The third kappa shape index (κ3) is 2.72. The number of hydrogen-bond donors (Lipinski definition) is 1. The molecule has 1 aliphatic heterocycles. The number of rotatable bonds is 6. The third-order valence-electron chi connectivity index (χ3n) is 3.54. The zero-order valence-corrected chi connectivity index (χ0v) is 11.5. The van der Waals surface area contributed by atoms with E-state index in [9.17, 15) is 0 Å². The molecule has 0 amide bonds. The fourth-order valence-electron chi connectivity index (χ4n) is 2.52. The van der Waals surface area contributed by atoms with Crippen molar-refractivity contribution in [2.24, 2.45) is 0 Å². The Labute approximate surface area is 108 Å². The first kappa shape index (κ1) is 13.5. The first-order chi connectivity index (χ1) is 8.80. The molecule has 102 valence electrons. The summed E-state index contributed by atoms with van der Waals surface area (Å²) in [5, 5.41) is 11.7. The van der Waals surface area contributed by atoms with Crippen molar-refractivity contribution >= 4 is 0 Å². The maximum atomic E-state index is 5.84. The van der Waals surface area contributed by atoms with Crippen LogP contribution in [0.15, 0.2) is 4.42 Å². The van der Waals surface area contributed by atoms with E-state index in [2.05, 4.69) is 36.3 Å². The molecule has 3 atom stereocenters. The quantitative estimate of drug-likeness (QED) is 0.843. The van der Waals surface area contributed by atoms with Gasteiger partial charge in [0.25, 0.3) is 0 Å². The van der Waals surface area contributed by atoms with E-state index in [1.54, 1.807) is 0 Å². The van der Waals surface area contributed by atoms with Gasteiger partial charge in [0.1, 0.15) is 0 Å². The number of ether oxygens (including phenoxy) is 1. The largest absolute Gasteiger partial charge is 0.423 e. The summed E-state index contributed by atoms with van der Waals surface area (Å²) >= 11 is 0. The second-order valence-electron chi connectivity index (χ2n) is 4.71. The molecule has 5 nitrogen and oxygen atoms in total. The minimum absolute atomic E-state index is 0.165. The Hall–Kier alpha value is -0.940. The molecule has 1 N–H and O–H groups in total. The standard InChI is InChI=1S/C13H23N3O2/c1-4-10(14-6-3)13-16-15-12(18-13)9-7-8-17-11(9)5-2/h9-11,14H,4-8H2,1-3H3. The van der Waals surface area contributed by atoms with Crippen molar-refractivity contribution in [1.29, 1.82) is 0 Å². The van der Waals surface area contributed by atoms with E-state index in [-0.39, 0.29) is 18.1 Å². The molecule has 1 fully saturated rings. The molecular formula is C13H23N3O2. The number of nitrogens with one attached hydrogen (secondary N) is 1. The van der Waals surface area contributed by atoms with Crippen LogP contribution >= 0.6 is 0 Å². The minimum atomic E-state index is 0.165. The lowest BCUT2D eigenvalue weighted by atomic mass is 10.00. The van der Waals surface area contributed by atoms with Crippen LogP contribution in [-0.2, 0) is 4.74 Å². The zero-order valence-electron chi connectivity index (χ0n) is 11.5. The van der Waals surface area contributed by atoms with Crippen LogP contribution in [0, 0.1) is 0 Å². The van der Waals surface area contributed by atoms with E-state index >= 15 is 0 Å². The number of aromatic nitrogens is 2. The summed E-state index contributed by atoms with van der Waals surface area (Å²) in [6.07, 6.45) is 3.16. The summed E-state index contributed by atoms with van der Waals surface area (Å²) in [5.41, 5.74) is 0. The molecule has 0 bridgehead atoms. The van der Waals surface area contributed by atoms with Crippen LogP contribution in [0.1, 0.15) is 63.8 Å². The molecule has 0 radical (unpaired) electrons. The van der Waals surface area contributed by atoms with Crippen molar-refractivity contribution in [2.75, 3.05) is 13.2 Å². The highest BCUT2D eigenvalue weighted by Gasteiger charge is 2.33. The number of hydrogen-bond acceptors (Lipinski definition) is 5. The Bertz CT molecular complexity index is 367. The van der Waals surface area contributed by atoms with Crippen LogP contribution in [0.2, 0.25) is 0 Å². The summed E-state index contributed by atoms with van der Waals surface area (Å²) in [4.78, 5) is 0. The molecule has 0 saturated carbocycles. The van der Waals surface area contributed by atoms with Crippen LogP contribution in [-0.4, -0.2) is 29.5 Å². The van der Waals surface area contributed by atoms with Gasteiger partial charge >= 0.3 is 0 Å². The highest BCUT2D eigenvalue weighted by atomic mass is 16.5. The molecule has 0 aromatic carbocycles. The molecule has 0 spiro atoms. The van der Waals surface area contributed by atoms with Gasteiger partial charge in [0, 0.05) is 6.61 Å². The van der Waals surface area contributed by atoms with Gasteiger partial charge in [-0.1, -0.05) is 20.8 Å². The summed E-state index contributed by atoms with van der Waals surface area (Å²) in [5.74, 6) is 1.72. The molecule has 5 heteroatoms. The Kier molecular flexibility index (Phi) is 4.72. The molecule has 1 aromatic rings. The van der Waals surface area contributed by atoms with Crippen LogP contribution in [0.5, 0.6) is 0 Å². The van der Waals surface area contributed by atoms with Gasteiger partial charge in [0.05, 0.1) is 18.1 Å². The number of nitrogens with zero attached hydrogens (tertiary/aromatic N) is 2. The Balaban J connectivity index is 2.09. The first-order valence-electron chi connectivity index (χ1n) is 6.98. The second kappa shape index (κ2) is 6.29. The van der Waals surface area contributed by atoms with Gasteiger partial charge in [0.2, 0.25) is 11.8 Å². The Morgan fingerprint density at radius 3 is 2.83 bits per heavy atom. The van der Waals surface area contributed by atoms with Gasteiger partial charge in [-0.25, -0.2) is 0 Å². The summed E-state index contributed by atoms with van der Waals surface area (Å²) in [6.45, 7) is 8.03. The van der Waals surface area contributed by atoms with Crippen molar-refractivity contribution in [3.05, 3.63) is 11.8 Å². The first-order valence-corrected chi connectivity index (χ1v) is 6.98. The third-order valence-corrected chi connectivity index (χ3v) is 3.54. The maximum absolute atomic E-state index is 5.84. The SMILES string of the molecule is CCNC(CC)c1nnc(C2CCOC2CC)o1. The smallest absolute Gasteiger partial charge is 0.233 e. The fraction of sp³-hybridized carbons (Fsp3) is 0.846. The average molecular weight is 253 g/mol. The predicted octanol–water partition coefficient (Wildman–Crippen LogP) is 2.41. The average Bonchev–Trinajstić information content (AvgIpc) is 3.03. The van der Waals surface area contributed by atoms with E-state index in [1.165, 1.54) is 0 Å². The molecule has 3 unspecified atom stereocenters. The van der Waals surface area contributed by atoms with Gasteiger partial charge < -0.3 is 14.5 Å². The maximum Gasteiger partial charge on any atom is 0.233 e. The fourth-order valence-corrected chi connectivity index (χ4v) is 2.52. The van der Waals surface area contributed by atoms with Gasteiger partial charge in [-0.05, 0) is 25.8 Å². The van der Waals surface area contributed by atoms with Gasteiger partial charge in [-0.2, -0.15) is 0 Å². The van der Waals surface area contributed by atoms with E-state index in [0.29, 0.717) is 5.89 Å². The lowest BCUT2D eigenvalue weighted by Crippen LogP contribution is -2.20. The summed E-state index contributed by atoms with van der Waals surface area (Å²) in [6, 6.07) is 0.165. The molecule has 0 aliphatic carbocycles. The van der Waals surface area contributed by atoms with Crippen LogP contribution in [0.25, 0.3) is 0 Å². The molecule has 1 saturated heterocycles.